The third kappa shape index (κ3) is 5.18. The summed E-state index contributed by atoms with van der Waals surface area (Å²) in [5.74, 6) is 0.189. The Balaban J connectivity index is 1.61. The smallest absolute Gasteiger partial charge is 0.315 e. The van der Waals surface area contributed by atoms with Gasteiger partial charge in [0.25, 0.3) is 5.56 Å². The first-order chi connectivity index (χ1) is 14.1. The lowest BCUT2D eigenvalue weighted by Gasteiger charge is -2.08. The summed E-state index contributed by atoms with van der Waals surface area (Å²) < 4.78 is 1.57. The van der Waals surface area contributed by atoms with Crippen LogP contribution in [0.2, 0.25) is 0 Å². The van der Waals surface area contributed by atoms with Gasteiger partial charge in [-0.1, -0.05) is 25.1 Å². The topological polar surface area (TPSA) is 134 Å². The highest BCUT2D eigenvalue weighted by molar-refractivity contribution is 5.78. The zero-order valence-electron chi connectivity index (χ0n) is 16.1. The van der Waals surface area contributed by atoms with Gasteiger partial charge in [-0.2, -0.15) is 5.10 Å². The van der Waals surface area contributed by atoms with Gasteiger partial charge in [0.2, 0.25) is 5.91 Å². The number of urea groups is 1. The van der Waals surface area contributed by atoms with Crippen molar-refractivity contribution in [2.45, 2.75) is 26.3 Å². The van der Waals surface area contributed by atoms with Crippen molar-refractivity contribution >= 4 is 23.0 Å². The lowest BCUT2D eigenvalue weighted by molar-refractivity contribution is -0.120. The number of nitrogens with one attached hydrogen (secondary N) is 4. The molecule has 0 unspecified atom stereocenters. The Kier molecular flexibility index (Phi) is 6.56. The lowest BCUT2D eigenvalue weighted by atomic mass is 10.3. The Hall–Kier alpha value is -3.69. The lowest BCUT2D eigenvalue weighted by Crippen LogP contribution is -2.38. The van der Waals surface area contributed by atoms with E-state index in [2.05, 4.69) is 31.0 Å². The Morgan fingerprint density at radius 3 is 2.66 bits per heavy atom. The van der Waals surface area contributed by atoms with Gasteiger partial charge in [0.15, 0.2) is 5.65 Å². The number of H-pyrrole nitrogens is 1. The van der Waals surface area contributed by atoms with Crippen LogP contribution in [0.3, 0.4) is 0 Å². The summed E-state index contributed by atoms with van der Waals surface area (Å²) in [6.45, 7) is 2.82. The number of rotatable bonds is 8. The third-order valence-electron chi connectivity index (χ3n) is 4.11. The molecule has 0 saturated carbocycles. The monoisotopic (exact) mass is 397 g/mol. The molecule has 152 valence electrons. The van der Waals surface area contributed by atoms with Crippen LogP contribution in [-0.4, -0.2) is 44.8 Å². The number of hydrogen-bond donors (Lipinski definition) is 4. The zero-order valence-corrected chi connectivity index (χ0v) is 16.1. The van der Waals surface area contributed by atoms with Crippen molar-refractivity contribution in [3.05, 3.63) is 52.7 Å². The molecule has 2 heterocycles. The molecule has 3 amide bonds. The van der Waals surface area contributed by atoms with Gasteiger partial charge in [-0.25, -0.2) is 14.5 Å². The average molecular weight is 397 g/mol. The van der Waals surface area contributed by atoms with Gasteiger partial charge in [0.1, 0.15) is 11.2 Å². The van der Waals surface area contributed by atoms with Crippen molar-refractivity contribution < 1.29 is 9.59 Å². The number of nitrogens with zero attached hydrogens (tertiary/aromatic N) is 3. The molecule has 0 fully saturated rings. The van der Waals surface area contributed by atoms with Gasteiger partial charge < -0.3 is 20.9 Å². The highest BCUT2D eigenvalue weighted by atomic mass is 16.2. The minimum Gasteiger partial charge on any atom is -0.356 e. The van der Waals surface area contributed by atoms with Gasteiger partial charge in [0, 0.05) is 19.5 Å². The fourth-order valence-electron chi connectivity index (χ4n) is 2.67. The van der Waals surface area contributed by atoms with Gasteiger partial charge >= 0.3 is 6.03 Å². The second-order valence-corrected chi connectivity index (χ2v) is 6.35. The molecule has 1 aromatic carbocycles. The van der Waals surface area contributed by atoms with E-state index in [1.54, 1.807) is 4.68 Å². The third-order valence-corrected chi connectivity index (χ3v) is 4.11. The summed E-state index contributed by atoms with van der Waals surface area (Å²) in [4.78, 5) is 42.8. The van der Waals surface area contributed by atoms with Crippen molar-refractivity contribution in [3.63, 3.8) is 0 Å². The van der Waals surface area contributed by atoms with E-state index < -0.39 is 6.03 Å². The van der Waals surface area contributed by atoms with E-state index >= 15 is 0 Å². The molecule has 0 aliphatic rings. The molecular weight excluding hydrogens is 374 g/mol. The molecule has 0 aliphatic heterocycles. The van der Waals surface area contributed by atoms with Gasteiger partial charge in [-0.05, 0) is 18.6 Å². The van der Waals surface area contributed by atoms with Crippen LogP contribution < -0.4 is 21.5 Å². The molecule has 0 saturated heterocycles. The molecule has 0 aliphatic carbocycles. The van der Waals surface area contributed by atoms with E-state index in [9.17, 15) is 14.4 Å². The van der Waals surface area contributed by atoms with Crippen LogP contribution in [0.1, 0.15) is 25.6 Å². The first kappa shape index (κ1) is 20.1. The molecule has 10 heteroatoms. The number of para-hydroxylation sites is 1. The molecule has 4 N–H and O–H groups in total. The highest BCUT2D eigenvalue weighted by Gasteiger charge is 2.12. The van der Waals surface area contributed by atoms with Crippen LogP contribution in [0.15, 0.2) is 41.3 Å². The van der Waals surface area contributed by atoms with Crippen LogP contribution in [0, 0.1) is 0 Å². The molecule has 3 aromatic rings. The molecule has 0 bridgehead atoms. The number of amides is 3. The Morgan fingerprint density at radius 1 is 1.10 bits per heavy atom. The standard InChI is InChI=1S/C19H23N7O3/c1-2-9-20-16(27)8-10-21-19(29)22-12-15-24-17-14(18(28)25-15)11-23-26(17)13-6-4-3-5-7-13/h3-7,11H,2,8-10,12H2,1H3,(H,20,27)(H2,21,22,29)(H,24,25,28). The summed E-state index contributed by atoms with van der Waals surface area (Å²) in [5.41, 5.74) is 0.852. The minimum atomic E-state index is -0.451. The fourth-order valence-corrected chi connectivity index (χ4v) is 2.67. The molecule has 2 aromatic heterocycles. The van der Waals surface area contributed by atoms with E-state index in [1.165, 1.54) is 6.20 Å². The summed E-state index contributed by atoms with van der Waals surface area (Å²) in [7, 11) is 0. The highest BCUT2D eigenvalue weighted by Crippen LogP contribution is 2.13. The van der Waals surface area contributed by atoms with Crippen LogP contribution in [0.4, 0.5) is 4.79 Å². The van der Waals surface area contributed by atoms with Gasteiger partial charge in [-0.15, -0.1) is 0 Å². The number of aromatic nitrogens is 4. The summed E-state index contributed by atoms with van der Waals surface area (Å²) in [5, 5.41) is 12.5. The SMILES string of the molecule is CCCNC(=O)CCNC(=O)NCc1nc2c(cnn2-c2ccccc2)c(=O)[nH]1. The minimum absolute atomic E-state index is 0.0268. The van der Waals surface area contributed by atoms with E-state index in [0.717, 1.165) is 12.1 Å². The number of fused-ring (bicyclic) bond motifs is 1. The van der Waals surface area contributed by atoms with E-state index in [0.29, 0.717) is 23.4 Å². The Labute approximate surface area is 166 Å². The van der Waals surface area contributed by atoms with E-state index in [1.807, 2.05) is 37.3 Å². The quantitative estimate of drug-likeness (QED) is 0.447. The normalized spacial score (nSPS) is 10.7. The van der Waals surface area contributed by atoms with Crippen LogP contribution in [0.25, 0.3) is 16.7 Å². The van der Waals surface area contributed by atoms with Crippen LogP contribution >= 0.6 is 0 Å². The molecule has 10 nitrogen and oxygen atoms in total. The molecule has 29 heavy (non-hydrogen) atoms. The summed E-state index contributed by atoms with van der Waals surface area (Å²) in [6, 6.07) is 8.88. The first-order valence-corrected chi connectivity index (χ1v) is 9.39. The maximum atomic E-state index is 12.3. The first-order valence-electron chi connectivity index (χ1n) is 9.39. The van der Waals surface area contributed by atoms with Gasteiger partial charge in [-0.3, -0.25) is 9.59 Å². The molecule has 0 radical (unpaired) electrons. The maximum absolute atomic E-state index is 12.3. The molecule has 3 rings (SSSR count). The predicted octanol–water partition coefficient (Wildman–Crippen LogP) is 0.824. The average Bonchev–Trinajstić information content (AvgIpc) is 3.16. The Bertz CT molecular complexity index is 1040. The fraction of sp³-hybridized carbons (Fsp3) is 0.316. The predicted molar refractivity (Wildman–Crippen MR) is 108 cm³/mol. The number of carbonyl (C=O) groups excluding carboxylic acids is 2. The van der Waals surface area contributed by atoms with E-state index in [4.69, 9.17) is 0 Å². The number of carbonyl (C=O) groups is 2. The van der Waals surface area contributed by atoms with Crippen LogP contribution in [0.5, 0.6) is 0 Å². The van der Waals surface area contributed by atoms with Crippen molar-refractivity contribution in [1.29, 1.82) is 0 Å². The molecule has 0 spiro atoms. The van der Waals surface area contributed by atoms with Gasteiger partial charge in [0.05, 0.1) is 18.4 Å². The largest absolute Gasteiger partial charge is 0.356 e. The Morgan fingerprint density at radius 2 is 1.90 bits per heavy atom. The molecular formula is C19H23N7O3. The number of hydrogen-bond acceptors (Lipinski definition) is 5. The van der Waals surface area contributed by atoms with Crippen molar-refractivity contribution in [3.8, 4) is 5.69 Å². The number of benzene rings is 1. The summed E-state index contributed by atoms with van der Waals surface area (Å²) >= 11 is 0. The summed E-state index contributed by atoms with van der Waals surface area (Å²) in [6.07, 6.45) is 2.52. The van der Waals surface area contributed by atoms with E-state index in [-0.39, 0.29) is 31.0 Å². The number of aromatic amines is 1. The van der Waals surface area contributed by atoms with Crippen LogP contribution in [-0.2, 0) is 11.3 Å². The maximum Gasteiger partial charge on any atom is 0.315 e. The van der Waals surface area contributed by atoms with Crippen molar-refractivity contribution in [1.82, 2.24) is 35.7 Å². The molecule has 0 atom stereocenters. The van der Waals surface area contributed by atoms with Crippen molar-refractivity contribution in [2.24, 2.45) is 0 Å². The van der Waals surface area contributed by atoms with Crippen molar-refractivity contribution in [2.75, 3.05) is 13.1 Å². The second kappa shape index (κ2) is 9.49. The second-order valence-electron chi connectivity index (χ2n) is 6.35. The zero-order chi connectivity index (χ0) is 20.6.